The Balaban J connectivity index is 1.42. The van der Waals surface area contributed by atoms with E-state index < -0.39 is 0 Å². The van der Waals surface area contributed by atoms with Crippen LogP contribution in [0.3, 0.4) is 0 Å². The SMILES string of the molecule is Cc1cc(=O)n2[nH]c([C@H]3CCN(C(=O)CCc4ccccc4)C3)cc2n1. The molecule has 0 spiro atoms. The van der Waals surface area contributed by atoms with Crippen LogP contribution in [0.4, 0.5) is 0 Å². The molecular weight excluding hydrogens is 328 g/mol. The number of hydrogen-bond donors (Lipinski definition) is 1. The summed E-state index contributed by atoms with van der Waals surface area (Å²) >= 11 is 0. The van der Waals surface area contributed by atoms with Crippen molar-refractivity contribution in [2.75, 3.05) is 13.1 Å². The van der Waals surface area contributed by atoms with Crippen molar-refractivity contribution in [2.45, 2.75) is 32.1 Å². The third-order valence-corrected chi connectivity index (χ3v) is 5.05. The van der Waals surface area contributed by atoms with E-state index in [0.29, 0.717) is 24.3 Å². The van der Waals surface area contributed by atoms with Crippen molar-refractivity contribution >= 4 is 11.6 Å². The van der Waals surface area contributed by atoms with Crippen LogP contribution in [0.5, 0.6) is 0 Å². The molecule has 1 aromatic carbocycles. The van der Waals surface area contributed by atoms with Gasteiger partial charge in [0, 0.05) is 48.9 Å². The van der Waals surface area contributed by atoms with Gasteiger partial charge in [0.05, 0.1) is 0 Å². The molecule has 2 aromatic heterocycles. The molecule has 1 amide bonds. The summed E-state index contributed by atoms with van der Waals surface area (Å²) in [6.07, 6.45) is 2.20. The molecule has 3 aromatic rings. The van der Waals surface area contributed by atoms with Gasteiger partial charge in [-0.3, -0.25) is 14.7 Å². The normalized spacial score (nSPS) is 17.1. The molecule has 4 rings (SSSR count). The third kappa shape index (κ3) is 3.27. The van der Waals surface area contributed by atoms with E-state index in [1.807, 2.05) is 36.1 Å². The summed E-state index contributed by atoms with van der Waals surface area (Å²) < 4.78 is 1.47. The van der Waals surface area contributed by atoms with E-state index >= 15 is 0 Å². The molecule has 3 heterocycles. The zero-order valence-electron chi connectivity index (χ0n) is 14.8. The first-order valence-corrected chi connectivity index (χ1v) is 9.01. The van der Waals surface area contributed by atoms with Gasteiger partial charge in [0.15, 0.2) is 5.65 Å². The molecule has 1 aliphatic rings. The van der Waals surface area contributed by atoms with E-state index in [1.165, 1.54) is 16.1 Å². The number of amides is 1. The van der Waals surface area contributed by atoms with Crippen LogP contribution < -0.4 is 5.56 Å². The lowest BCUT2D eigenvalue weighted by molar-refractivity contribution is -0.130. The highest BCUT2D eigenvalue weighted by Crippen LogP contribution is 2.27. The van der Waals surface area contributed by atoms with Gasteiger partial charge in [0.1, 0.15) is 0 Å². The predicted octanol–water partition coefficient (Wildman–Crippen LogP) is 2.28. The van der Waals surface area contributed by atoms with E-state index in [-0.39, 0.29) is 17.4 Å². The maximum atomic E-state index is 12.5. The lowest BCUT2D eigenvalue weighted by atomic mass is 10.1. The molecule has 134 valence electrons. The highest BCUT2D eigenvalue weighted by Gasteiger charge is 2.28. The van der Waals surface area contributed by atoms with Gasteiger partial charge in [-0.1, -0.05) is 30.3 Å². The van der Waals surface area contributed by atoms with Crippen LogP contribution in [-0.2, 0) is 11.2 Å². The number of hydrogen-bond acceptors (Lipinski definition) is 3. The molecule has 1 fully saturated rings. The smallest absolute Gasteiger partial charge is 0.272 e. The minimum Gasteiger partial charge on any atom is -0.342 e. The largest absolute Gasteiger partial charge is 0.342 e. The number of aromatic amines is 1. The Labute approximate surface area is 151 Å². The van der Waals surface area contributed by atoms with Gasteiger partial charge in [-0.2, -0.15) is 0 Å². The van der Waals surface area contributed by atoms with Gasteiger partial charge in [0.25, 0.3) is 5.56 Å². The van der Waals surface area contributed by atoms with Gasteiger partial charge in [-0.15, -0.1) is 0 Å². The van der Waals surface area contributed by atoms with Gasteiger partial charge in [0.2, 0.25) is 5.91 Å². The number of likely N-dealkylation sites (tertiary alicyclic amines) is 1. The average Bonchev–Trinajstić information content (AvgIpc) is 3.27. The van der Waals surface area contributed by atoms with Crippen molar-refractivity contribution in [3.8, 4) is 0 Å². The number of benzene rings is 1. The summed E-state index contributed by atoms with van der Waals surface area (Å²) in [5.74, 6) is 0.413. The fraction of sp³-hybridized carbons (Fsp3) is 0.350. The standard InChI is InChI=1S/C20H22N4O2/c1-14-11-20(26)24-18(21-14)12-17(22-24)16-9-10-23(13-16)19(25)8-7-15-5-3-2-4-6-15/h2-6,11-12,16,22H,7-10,13H2,1H3/t16-/m0/s1. The number of carbonyl (C=O) groups excluding carboxylic acids is 1. The number of nitrogens with one attached hydrogen (secondary N) is 1. The van der Waals surface area contributed by atoms with Crippen molar-refractivity contribution in [1.29, 1.82) is 0 Å². The Morgan fingerprint density at radius 2 is 2.08 bits per heavy atom. The molecule has 1 N–H and O–H groups in total. The third-order valence-electron chi connectivity index (χ3n) is 5.05. The molecule has 0 bridgehead atoms. The van der Waals surface area contributed by atoms with Crippen LogP contribution in [0.15, 0.2) is 47.3 Å². The molecule has 1 atom stereocenters. The first kappa shape index (κ1) is 16.6. The molecule has 0 aliphatic carbocycles. The second kappa shape index (κ2) is 6.78. The van der Waals surface area contributed by atoms with Crippen LogP contribution in [0.25, 0.3) is 5.65 Å². The summed E-state index contributed by atoms with van der Waals surface area (Å²) in [6, 6.07) is 13.5. The van der Waals surface area contributed by atoms with E-state index in [0.717, 1.165) is 25.1 Å². The lowest BCUT2D eigenvalue weighted by Crippen LogP contribution is -2.28. The van der Waals surface area contributed by atoms with Crippen molar-refractivity contribution in [3.05, 3.63) is 69.8 Å². The van der Waals surface area contributed by atoms with Gasteiger partial charge in [-0.05, 0) is 25.3 Å². The van der Waals surface area contributed by atoms with Crippen LogP contribution in [0, 0.1) is 6.92 Å². The second-order valence-electron chi connectivity index (χ2n) is 6.95. The highest BCUT2D eigenvalue weighted by molar-refractivity contribution is 5.76. The number of fused-ring (bicyclic) bond motifs is 1. The fourth-order valence-corrected chi connectivity index (χ4v) is 3.63. The van der Waals surface area contributed by atoms with Crippen LogP contribution in [0.2, 0.25) is 0 Å². The highest BCUT2D eigenvalue weighted by atomic mass is 16.2. The summed E-state index contributed by atoms with van der Waals surface area (Å²) in [7, 11) is 0. The molecule has 1 aliphatic heterocycles. The van der Waals surface area contributed by atoms with Crippen molar-refractivity contribution in [1.82, 2.24) is 19.5 Å². The number of rotatable bonds is 4. The number of H-pyrrole nitrogens is 1. The monoisotopic (exact) mass is 350 g/mol. The van der Waals surface area contributed by atoms with Gasteiger partial charge < -0.3 is 4.90 Å². The first-order chi connectivity index (χ1) is 12.6. The minimum absolute atomic E-state index is 0.104. The topological polar surface area (TPSA) is 70.5 Å². The maximum absolute atomic E-state index is 12.5. The van der Waals surface area contributed by atoms with Crippen LogP contribution >= 0.6 is 0 Å². The van der Waals surface area contributed by atoms with Crippen molar-refractivity contribution in [2.24, 2.45) is 0 Å². The second-order valence-corrected chi connectivity index (χ2v) is 6.95. The summed E-state index contributed by atoms with van der Waals surface area (Å²) in [6.45, 7) is 3.26. The molecule has 1 saturated heterocycles. The van der Waals surface area contributed by atoms with Crippen molar-refractivity contribution in [3.63, 3.8) is 0 Å². The van der Waals surface area contributed by atoms with Crippen LogP contribution in [-0.4, -0.2) is 38.5 Å². The summed E-state index contributed by atoms with van der Waals surface area (Å²) in [4.78, 5) is 30.9. The zero-order valence-corrected chi connectivity index (χ0v) is 14.8. The van der Waals surface area contributed by atoms with Gasteiger partial charge >= 0.3 is 0 Å². The Morgan fingerprint density at radius 1 is 1.27 bits per heavy atom. The Morgan fingerprint density at radius 3 is 2.88 bits per heavy atom. The van der Waals surface area contributed by atoms with Crippen LogP contribution in [0.1, 0.15) is 35.7 Å². The molecule has 0 radical (unpaired) electrons. The van der Waals surface area contributed by atoms with E-state index in [9.17, 15) is 9.59 Å². The molecule has 26 heavy (non-hydrogen) atoms. The Kier molecular flexibility index (Phi) is 4.32. The quantitative estimate of drug-likeness (QED) is 0.785. The summed E-state index contributed by atoms with van der Waals surface area (Å²) in [5, 5.41) is 3.15. The molecular formula is C20H22N4O2. The molecule has 0 unspecified atom stereocenters. The van der Waals surface area contributed by atoms with E-state index in [4.69, 9.17) is 0 Å². The van der Waals surface area contributed by atoms with E-state index in [1.54, 1.807) is 0 Å². The van der Waals surface area contributed by atoms with Crippen molar-refractivity contribution < 1.29 is 4.79 Å². The van der Waals surface area contributed by atoms with Gasteiger partial charge in [-0.25, -0.2) is 9.50 Å². The first-order valence-electron chi connectivity index (χ1n) is 9.01. The number of nitrogens with zero attached hydrogens (tertiary/aromatic N) is 3. The number of aryl methyl sites for hydroxylation is 2. The molecule has 6 heteroatoms. The minimum atomic E-state index is -0.104. The average molecular weight is 350 g/mol. The Hall–Kier alpha value is -2.89. The maximum Gasteiger partial charge on any atom is 0.272 e. The van der Waals surface area contributed by atoms with E-state index in [2.05, 4.69) is 22.2 Å². The predicted molar refractivity (Wildman–Crippen MR) is 99.3 cm³/mol. The molecule has 0 saturated carbocycles. The zero-order chi connectivity index (χ0) is 18.1. The summed E-state index contributed by atoms with van der Waals surface area (Å²) in [5.41, 5.74) is 3.41. The number of aromatic nitrogens is 3. The lowest BCUT2D eigenvalue weighted by Gasteiger charge is -2.16. The molecule has 6 nitrogen and oxygen atoms in total. The Bertz CT molecular complexity index is 990. The number of carbonyl (C=O) groups is 1. The fourth-order valence-electron chi connectivity index (χ4n) is 3.63.